The smallest absolute Gasteiger partial charge is 0.278 e. The van der Waals surface area contributed by atoms with Crippen molar-refractivity contribution < 1.29 is 27.1 Å². The van der Waals surface area contributed by atoms with Crippen molar-refractivity contribution in [1.29, 1.82) is 0 Å². The quantitative estimate of drug-likeness (QED) is 0.616. The molecule has 0 unspecified atom stereocenters. The molecule has 2 aromatic rings. The van der Waals surface area contributed by atoms with E-state index in [4.69, 9.17) is 9.47 Å². The van der Waals surface area contributed by atoms with E-state index >= 15 is 0 Å². The van der Waals surface area contributed by atoms with Crippen LogP contribution in [-0.4, -0.2) is 33.8 Å². The number of carbonyl (C=O) groups is 1. The Balaban J connectivity index is 2.26. The Morgan fingerprint density at radius 1 is 1.10 bits per heavy atom. The molecule has 1 amide bonds. The number of nitrogens with zero attached hydrogens (tertiary/aromatic N) is 1. The lowest BCUT2D eigenvalue weighted by atomic mass is 9.87. The summed E-state index contributed by atoms with van der Waals surface area (Å²) >= 11 is 0. The molecule has 0 saturated heterocycles. The maximum atomic E-state index is 14.1. The van der Waals surface area contributed by atoms with Crippen LogP contribution in [0.25, 0.3) is 0 Å². The van der Waals surface area contributed by atoms with Crippen LogP contribution in [0.4, 0.5) is 10.1 Å². The molecule has 0 radical (unpaired) electrons. The predicted octanol–water partition coefficient (Wildman–Crippen LogP) is 4.28. The summed E-state index contributed by atoms with van der Waals surface area (Å²) in [5.41, 5.74) is 0.970. The predicted molar refractivity (Wildman–Crippen MR) is 115 cm³/mol. The monoisotopic (exact) mass is 437 g/mol. The van der Waals surface area contributed by atoms with Gasteiger partial charge in [0.1, 0.15) is 5.75 Å². The summed E-state index contributed by atoms with van der Waals surface area (Å²) in [6.45, 7) is 7.41. The highest BCUT2D eigenvalue weighted by atomic mass is 32.2. The molecule has 30 heavy (non-hydrogen) atoms. The second-order valence-corrected chi connectivity index (χ2v) is 9.79. The van der Waals surface area contributed by atoms with Crippen LogP contribution in [0.1, 0.15) is 39.7 Å². The van der Waals surface area contributed by atoms with E-state index in [1.807, 2.05) is 12.1 Å². The Bertz CT molecular complexity index is 982. The van der Waals surface area contributed by atoms with E-state index in [0.29, 0.717) is 16.5 Å². The highest BCUT2D eigenvalue weighted by molar-refractivity contribution is 7.93. The first-order valence-corrected chi connectivity index (χ1v) is 11.2. The van der Waals surface area contributed by atoms with Gasteiger partial charge in [-0.25, -0.2) is 17.1 Å². The number of carbonyl (C=O) groups excluding carboxylic acids is 1. The molecule has 0 fully saturated rings. The van der Waals surface area contributed by atoms with Crippen LogP contribution in [0.2, 0.25) is 0 Å². The average Bonchev–Trinajstić information content (AvgIpc) is 2.66. The van der Waals surface area contributed by atoms with Crippen LogP contribution in [-0.2, 0) is 20.2 Å². The molecule has 2 rings (SSSR count). The standard InChI is InChI=1S/C22H28FNO5S/c1-6-13-30(26,27)24(17-9-12-20(28-5)19(23)14-17)21(25)15-29-18-10-7-16(8-11-18)22(2,3)4/h7-12,14H,6,13,15H2,1-5H3. The van der Waals surface area contributed by atoms with E-state index in [9.17, 15) is 17.6 Å². The summed E-state index contributed by atoms with van der Waals surface area (Å²) in [6.07, 6.45) is 0.305. The van der Waals surface area contributed by atoms with Gasteiger partial charge in [0, 0.05) is 6.07 Å². The van der Waals surface area contributed by atoms with E-state index in [-0.39, 0.29) is 22.6 Å². The lowest BCUT2D eigenvalue weighted by Gasteiger charge is -2.23. The van der Waals surface area contributed by atoms with Gasteiger partial charge in [0.25, 0.3) is 5.91 Å². The molecular weight excluding hydrogens is 409 g/mol. The number of ether oxygens (including phenoxy) is 2. The van der Waals surface area contributed by atoms with Gasteiger partial charge in [-0.1, -0.05) is 39.8 Å². The second kappa shape index (κ2) is 9.47. The lowest BCUT2D eigenvalue weighted by molar-refractivity contribution is -0.119. The van der Waals surface area contributed by atoms with Crippen molar-refractivity contribution in [3.63, 3.8) is 0 Å². The maximum absolute atomic E-state index is 14.1. The van der Waals surface area contributed by atoms with Crippen molar-refractivity contribution in [2.45, 2.75) is 39.5 Å². The Morgan fingerprint density at radius 2 is 1.73 bits per heavy atom. The summed E-state index contributed by atoms with van der Waals surface area (Å²) in [4.78, 5) is 12.8. The SMILES string of the molecule is CCCS(=O)(=O)N(C(=O)COc1ccc(C(C)(C)C)cc1)c1ccc(OC)c(F)c1. The zero-order valence-electron chi connectivity index (χ0n) is 17.9. The molecule has 0 spiro atoms. The third-order valence-corrected chi connectivity index (χ3v) is 6.31. The van der Waals surface area contributed by atoms with Crippen LogP contribution < -0.4 is 13.8 Å². The van der Waals surface area contributed by atoms with Gasteiger partial charge < -0.3 is 9.47 Å². The molecule has 6 nitrogen and oxygen atoms in total. The molecule has 0 saturated carbocycles. The number of rotatable bonds is 8. The van der Waals surface area contributed by atoms with Crippen molar-refractivity contribution in [2.24, 2.45) is 0 Å². The highest BCUT2D eigenvalue weighted by Crippen LogP contribution is 2.27. The number of anilines is 1. The van der Waals surface area contributed by atoms with Crippen LogP contribution in [0, 0.1) is 5.82 Å². The summed E-state index contributed by atoms with van der Waals surface area (Å²) in [7, 11) is -2.70. The van der Waals surface area contributed by atoms with Gasteiger partial charge in [0.05, 0.1) is 18.6 Å². The molecule has 0 aliphatic rings. The normalized spacial score (nSPS) is 11.8. The molecule has 2 aromatic carbocycles. The van der Waals surface area contributed by atoms with Gasteiger partial charge in [-0.2, -0.15) is 0 Å². The van der Waals surface area contributed by atoms with E-state index < -0.39 is 28.4 Å². The highest BCUT2D eigenvalue weighted by Gasteiger charge is 2.29. The van der Waals surface area contributed by atoms with Crippen LogP contribution in [0.3, 0.4) is 0 Å². The van der Waals surface area contributed by atoms with Crippen molar-refractivity contribution in [3.8, 4) is 11.5 Å². The van der Waals surface area contributed by atoms with Crippen molar-refractivity contribution in [2.75, 3.05) is 23.8 Å². The largest absolute Gasteiger partial charge is 0.494 e. The van der Waals surface area contributed by atoms with Gasteiger partial charge in [-0.15, -0.1) is 0 Å². The minimum Gasteiger partial charge on any atom is -0.494 e. The molecule has 164 valence electrons. The van der Waals surface area contributed by atoms with Crippen LogP contribution in [0.5, 0.6) is 11.5 Å². The van der Waals surface area contributed by atoms with E-state index in [1.54, 1.807) is 19.1 Å². The fourth-order valence-corrected chi connectivity index (χ4v) is 4.34. The Labute approximate surface area is 177 Å². The zero-order valence-corrected chi connectivity index (χ0v) is 18.8. The first-order chi connectivity index (χ1) is 14.0. The van der Waals surface area contributed by atoms with Crippen LogP contribution >= 0.6 is 0 Å². The third kappa shape index (κ3) is 5.72. The van der Waals surface area contributed by atoms with Crippen molar-refractivity contribution in [1.82, 2.24) is 0 Å². The van der Waals surface area contributed by atoms with Gasteiger partial charge in [-0.3, -0.25) is 4.79 Å². The average molecular weight is 438 g/mol. The second-order valence-electron chi connectivity index (χ2n) is 7.86. The molecule has 0 aromatic heterocycles. The van der Waals surface area contributed by atoms with Crippen LogP contribution in [0.15, 0.2) is 42.5 Å². The Morgan fingerprint density at radius 3 is 2.23 bits per heavy atom. The summed E-state index contributed by atoms with van der Waals surface area (Å²) in [5.74, 6) is -1.45. The van der Waals surface area contributed by atoms with E-state index in [2.05, 4.69) is 20.8 Å². The van der Waals surface area contributed by atoms with Gasteiger partial charge in [0.2, 0.25) is 10.0 Å². The van der Waals surface area contributed by atoms with Crippen molar-refractivity contribution >= 4 is 21.6 Å². The number of sulfonamides is 1. The third-order valence-electron chi connectivity index (χ3n) is 4.42. The molecule has 0 bridgehead atoms. The number of amides is 1. The molecular formula is C22H28FNO5S. The zero-order chi connectivity index (χ0) is 22.5. The lowest BCUT2D eigenvalue weighted by Crippen LogP contribution is -2.41. The molecule has 0 aliphatic carbocycles. The first-order valence-electron chi connectivity index (χ1n) is 9.62. The topological polar surface area (TPSA) is 72.9 Å². The fourth-order valence-electron chi connectivity index (χ4n) is 2.85. The number of hydrogen-bond donors (Lipinski definition) is 0. The van der Waals surface area contributed by atoms with Crippen molar-refractivity contribution in [3.05, 3.63) is 53.8 Å². The van der Waals surface area contributed by atoms with Gasteiger partial charge >= 0.3 is 0 Å². The van der Waals surface area contributed by atoms with Gasteiger partial charge in [-0.05, 0) is 41.7 Å². The Hall–Kier alpha value is -2.61. The van der Waals surface area contributed by atoms with Gasteiger partial charge in [0.15, 0.2) is 18.2 Å². The number of halogens is 1. The molecule has 0 N–H and O–H groups in total. The van der Waals surface area contributed by atoms with E-state index in [1.165, 1.54) is 19.2 Å². The molecule has 0 atom stereocenters. The number of methoxy groups -OCH3 is 1. The summed E-state index contributed by atoms with van der Waals surface area (Å²) in [5, 5.41) is 0. The fraction of sp³-hybridized carbons (Fsp3) is 0.409. The summed E-state index contributed by atoms with van der Waals surface area (Å²) in [6, 6.07) is 10.8. The maximum Gasteiger partial charge on any atom is 0.278 e. The molecule has 0 aliphatic heterocycles. The van der Waals surface area contributed by atoms with E-state index in [0.717, 1.165) is 11.6 Å². The minimum atomic E-state index is -4.00. The molecule has 0 heterocycles. The summed E-state index contributed by atoms with van der Waals surface area (Å²) < 4.78 is 50.5. The number of benzene rings is 2. The molecule has 8 heteroatoms. The number of hydrogen-bond acceptors (Lipinski definition) is 5. The Kier molecular flexibility index (Phi) is 7.47. The first kappa shape index (κ1) is 23.7. The minimum absolute atomic E-state index is 0.0299.